The van der Waals surface area contributed by atoms with Crippen LogP contribution in [-0.4, -0.2) is 11.7 Å². The topological polar surface area (TPSA) is 17.1 Å². The van der Waals surface area contributed by atoms with Gasteiger partial charge in [0.05, 0.1) is 10.8 Å². The van der Waals surface area contributed by atoms with Crippen LogP contribution in [0, 0.1) is 6.92 Å². The van der Waals surface area contributed by atoms with Crippen molar-refractivity contribution >= 4 is 44.7 Å². The Hall–Kier alpha value is 0.140. The molecule has 11 heavy (non-hydrogen) atoms. The molecule has 1 aromatic rings. The monoisotopic (exact) mass is 252 g/mol. The zero-order valence-electron chi connectivity index (χ0n) is 5.86. The van der Waals surface area contributed by atoms with E-state index in [1.165, 1.54) is 11.3 Å². The minimum absolute atomic E-state index is 0.0170. The third-order valence-electron chi connectivity index (χ3n) is 1.27. The van der Waals surface area contributed by atoms with Crippen LogP contribution in [0.5, 0.6) is 0 Å². The first-order valence-corrected chi connectivity index (χ1v) is 5.20. The van der Waals surface area contributed by atoms with Gasteiger partial charge in [0.15, 0.2) is 5.78 Å². The van der Waals surface area contributed by atoms with E-state index < -0.39 is 0 Å². The second-order valence-corrected chi connectivity index (χ2v) is 4.06. The van der Waals surface area contributed by atoms with Crippen molar-refractivity contribution in [3.63, 3.8) is 0 Å². The molecule has 60 valence electrons. The zero-order valence-corrected chi connectivity index (χ0v) is 9.02. The molecule has 0 aliphatic rings. The molecule has 0 atom stereocenters. The normalized spacial score (nSPS) is 10.1. The highest BCUT2D eigenvalue weighted by Gasteiger charge is 2.12. The predicted molar refractivity (Wildman–Crippen MR) is 51.8 cm³/mol. The summed E-state index contributed by atoms with van der Waals surface area (Å²) in [4.78, 5) is 11.8. The van der Waals surface area contributed by atoms with Crippen LogP contribution < -0.4 is 0 Å². The molecule has 0 aromatic carbocycles. The third-order valence-corrected chi connectivity index (χ3v) is 3.94. The van der Waals surface area contributed by atoms with Crippen LogP contribution >= 0.6 is 38.9 Å². The average Bonchev–Trinajstić information content (AvgIpc) is 2.32. The van der Waals surface area contributed by atoms with Gasteiger partial charge in [0.1, 0.15) is 0 Å². The molecule has 1 rings (SSSR count). The fraction of sp³-hybridized carbons (Fsp3) is 0.286. The van der Waals surface area contributed by atoms with E-state index in [0.29, 0.717) is 0 Å². The first-order chi connectivity index (χ1) is 5.16. The first kappa shape index (κ1) is 9.23. The molecule has 0 bridgehead atoms. The van der Waals surface area contributed by atoms with E-state index in [9.17, 15) is 4.79 Å². The summed E-state index contributed by atoms with van der Waals surface area (Å²) in [6.07, 6.45) is 0. The SMILES string of the molecule is Cc1csc(C(=O)CCl)c1Br. The molecule has 0 N–H and O–H groups in total. The summed E-state index contributed by atoms with van der Waals surface area (Å²) in [5.41, 5.74) is 1.09. The first-order valence-electron chi connectivity index (χ1n) is 2.99. The number of hydrogen-bond donors (Lipinski definition) is 0. The van der Waals surface area contributed by atoms with E-state index in [1.54, 1.807) is 0 Å². The number of carbonyl (C=O) groups excluding carboxylic acids is 1. The second kappa shape index (κ2) is 3.70. The van der Waals surface area contributed by atoms with Gasteiger partial charge in [-0.2, -0.15) is 0 Å². The standard InChI is InChI=1S/C7H6BrClOS/c1-4-3-11-7(6(4)8)5(10)2-9/h3H,2H2,1H3. The maximum absolute atomic E-state index is 11.1. The summed E-state index contributed by atoms with van der Waals surface area (Å²) in [6.45, 7) is 1.95. The number of Topliss-reactive ketones (excluding diaryl/α,β-unsaturated/α-hetero) is 1. The van der Waals surface area contributed by atoms with Crippen LogP contribution in [0.2, 0.25) is 0 Å². The Labute approximate surface area is 82.5 Å². The van der Waals surface area contributed by atoms with Gasteiger partial charge in [-0.05, 0) is 33.8 Å². The van der Waals surface area contributed by atoms with Crippen molar-refractivity contribution in [3.8, 4) is 0 Å². The molecule has 0 fully saturated rings. The van der Waals surface area contributed by atoms with E-state index in [1.807, 2.05) is 12.3 Å². The van der Waals surface area contributed by atoms with Gasteiger partial charge in [-0.3, -0.25) is 4.79 Å². The minimum Gasteiger partial charge on any atom is -0.292 e. The lowest BCUT2D eigenvalue weighted by Crippen LogP contribution is -1.97. The molecule has 0 saturated heterocycles. The number of carbonyl (C=O) groups is 1. The molecule has 0 amide bonds. The lowest BCUT2D eigenvalue weighted by molar-refractivity contribution is 0.102. The average molecular weight is 254 g/mol. The van der Waals surface area contributed by atoms with Crippen molar-refractivity contribution in [2.24, 2.45) is 0 Å². The van der Waals surface area contributed by atoms with Gasteiger partial charge < -0.3 is 0 Å². The predicted octanol–water partition coefficient (Wildman–Crippen LogP) is 3.24. The van der Waals surface area contributed by atoms with Gasteiger partial charge in [0.2, 0.25) is 0 Å². The van der Waals surface area contributed by atoms with Crippen LogP contribution in [0.25, 0.3) is 0 Å². The maximum atomic E-state index is 11.1. The van der Waals surface area contributed by atoms with Crippen molar-refractivity contribution in [1.82, 2.24) is 0 Å². The van der Waals surface area contributed by atoms with E-state index in [4.69, 9.17) is 11.6 Å². The highest BCUT2D eigenvalue weighted by atomic mass is 79.9. The number of rotatable bonds is 2. The molecule has 0 spiro atoms. The van der Waals surface area contributed by atoms with Gasteiger partial charge in [-0.15, -0.1) is 22.9 Å². The van der Waals surface area contributed by atoms with Crippen molar-refractivity contribution < 1.29 is 4.79 Å². The number of hydrogen-bond acceptors (Lipinski definition) is 2. The van der Waals surface area contributed by atoms with E-state index in [2.05, 4.69) is 15.9 Å². The Balaban J connectivity index is 3.04. The molecule has 1 heterocycles. The fourth-order valence-electron chi connectivity index (χ4n) is 0.679. The summed E-state index contributed by atoms with van der Waals surface area (Å²) in [7, 11) is 0. The number of aryl methyl sites for hydroxylation is 1. The van der Waals surface area contributed by atoms with Gasteiger partial charge >= 0.3 is 0 Å². The van der Waals surface area contributed by atoms with Crippen molar-refractivity contribution in [3.05, 3.63) is 20.3 Å². The summed E-state index contributed by atoms with van der Waals surface area (Å²) >= 11 is 10.2. The minimum atomic E-state index is -0.0170. The molecular weight excluding hydrogens is 247 g/mol. The zero-order chi connectivity index (χ0) is 8.43. The summed E-state index contributed by atoms with van der Waals surface area (Å²) < 4.78 is 0.883. The summed E-state index contributed by atoms with van der Waals surface area (Å²) in [6, 6.07) is 0. The van der Waals surface area contributed by atoms with Gasteiger partial charge in [0.25, 0.3) is 0 Å². The Kier molecular flexibility index (Phi) is 3.10. The second-order valence-electron chi connectivity index (χ2n) is 2.12. The molecule has 4 heteroatoms. The number of alkyl halides is 1. The van der Waals surface area contributed by atoms with Crippen LogP contribution in [0.1, 0.15) is 15.2 Å². The highest BCUT2D eigenvalue weighted by molar-refractivity contribution is 9.10. The summed E-state index contributed by atoms with van der Waals surface area (Å²) in [5, 5.41) is 1.93. The Bertz CT molecular complexity index is 282. The van der Waals surface area contributed by atoms with Crippen LogP contribution in [0.4, 0.5) is 0 Å². The highest BCUT2D eigenvalue weighted by Crippen LogP contribution is 2.27. The van der Waals surface area contributed by atoms with Gasteiger partial charge in [-0.25, -0.2) is 0 Å². The Morgan fingerprint density at radius 3 is 2.82 bits per heavy atom. The van der Waals surface area contributed by atoms with E-state index in [-0.39, 0.29) is 11.7 Å². The van der Waals surface area contributed by atoms with E-state index >= 15 is 0 Å². The summed E-state index contributed by atoms with van der Waals surface area (Å²) in [5.74, 6) is 0.0371. The van der Waals surface area contributed by atoms with Gasteiger partial charge in [0, 0.05) is 4.47 Å². The third kappa shape index (κ3) is 1.83. The van der Waals surface area contributed by atoms with Crippen molar-refractivity contribution in [2.45, 2.75) is 6.92 Å². The molecule has 0 aliphatic heterocycles. The largest absolute Gasteiger partial charge is 0.292 e. The molecule has 0 aliphatic carbocycles. The number of ketones is 1. The van der Waals surface area contributed by atoms with Crippen molar-refractivity contribution in [2.75, 3.05) is 5.88 Å². The van der Waals surface area contributed by atoms with Crippen LogP contribution in [0.3, 0.4) is 0 Å². The fourth-order valence-corrected chi connectivity index (χ4v) is 2.54. The molecule has 1 nitrogen and oxygen atoms in total. The Morgan fingerprint density at radius 1 is 1.82 bits per heavy atom. The lowest BCUT2D eigenvalue weighted by atomic mass is 10.3. The smallest absolute Gasteiger partial charge is 0.188 e. The quantitative estimate of drug-likeness (QED) is 0.584. The molecule has 1 aromatic heterocycles. The molecule has 0 radical (unpaired) electrons. The van der Waals surface area contributed by atoms with Crippen molar-refractivity contribution in [1.29, 1.82) is 0 Å². The molecular formula is C7H6BrClOS. The molecule has 0 saturated carbocycles. The van der Waals surface area contributed by atoms with Gasteiger partial charge in [-0.1, -0.05) is 0 Å². The number of halogens is 2. The lowest BCUT2D eigenvalue weighted by Gasteiger charge is -1.91. The van der Waals surface area contributed by atoms with Crippen LogP contribution in [0.15, 0.2) is 9.85 Å². The van der Waals surface area contributed by atoms with E-state index in [0.717, 1.165) is 14.9 Å². The maximum Gasteiger partial charge on any atom is 0.188 e. The van der Waals surface area contributed by atoms with Crippen LogP contribution in [-0.2, 0) is 0 Å². The molecule has 0 unspecified atom stereocenters. The Morgan fingerprint density at radius 2 is 2.45 bits per heavy atom. The number of thiophene rings is 1.